The van der Waals surface area contributed by atoms with Crippen LogP contribution in [0.3, 0.4) is 0 Å². The lowest BCUT2D eigenvalue weighted by molar-refractivity contribution is -0.126. The smallest absolute Gasteiger partial charge is 0.247 e. The van der Waals surface area contributed by atoms with Crippen LogP contribution < -0.4 is 9.47 Å². The van der Waals surface area contributed by atoms with Crippen molar-refractivity contribution >= 4 is 23.6 Å². The van der Waals surface area contributed by atoms with E-state index in [4.69, 9.17) is 21.1 Å². The molecule has 134 valence electrons. The van der Waals surface area contributed by atoms with E-state index in [0.717, 1.165) is 24.9 Å². The third-order valence-electron chi connectivity index (χ3n) is 4.76. The highest BCUT2D eigenvalue weighted by Crippen LogP contribution is 2.38. The molecule has 0 saturated carbocycles. The van der Waals surface area contributed by atoms with Gasteiger partial charge in [0.15, 0.2) is 11.5 Å². The summed E-state index contributed by atoms with van der Waals surface area (Å²) in [4.78, 5) is 14.7. The van der Waals surface area contributed by atoms with Crippen LogP contribution >= 0.6 is 11.6 Å². The number of hydrogen-bond acceptors (Lipinski definition) is 3. The summed E-state index contributed by atoms with van der Waals surface area (Å²) in [5.74, 6) is 1.21. The molecule has 1 saturated heterocycles. The number of fused-ring (bicyclic) bond motifs is 1. The van der Waals surface area contributed by atoms with Gasteiger partial charge in [0.25, 0.3) is 0 Å². The highest BCUT2D eigenvalue weighted by atomic mass is 35.5. The van der Waals surface area contributed by atoms with Crippen LogP contribution in [0.25, 0.3) is 6.08 Å². The normalized spacial score (nSPS) is 19.1. The Balaban J connectivity index is 1.52. The van der Waals surface area contributed by atoms with Gasteiger partial charge in [-0.2, -0.15) is 0 Å². The van der Waals surface area contributed by atoms with Crippen molar-refractivity contribution in [3.63, 3.8) is 0 Å². The SMILES string of the molecule is O=C(/C=C/c1cc(Cl)c2c(c1)OCCO2)N1CCCC1c1ccccc1. The molecule has 1 atom stereocenters. The fraction of sp³-hybridized carbons (Fsp3) is 0.286. The largest absolute Gasteiger partial charge is 0.486 e. The van der Waals surface area contributed by atoms with E-state index in [1.165, 1.54) is 5.56 Å². The summed E-state index contributed by atoms with van der Waals surface area (Å²) in [6, 6.07) is 14.0. The Morgan fingerprint density at radius 1 is 1.15 bits per heavy atom. The number of rotatable bonds is 3. The number of carbonyl (C=O) groups is 1. The number of nitrogens with zero attached hydrogens (tertiary/aromatic N) is 1. The van der Waals surface area contributed by atoms with Crippen LogP contribution in [0.1, 0.15) is 30.0 Å². The molecule has 0 N–H and O–H groups in total. The molecule has 1 fully saturated rings. The average molecular weight is 370 g/mol. The maximum Gasteiger partial charge on any atom is 0.247 e. The summed E-state index contributed by atoms with van der Waals surface area (Å²) in [6.45, 7) is 1.78. The van der Waals surface area contributed by atoms with Gasteiger partial charge in [0.05, 0.1) is 11.1 Å². The van der Waals surface area contributed by atoms with Crippen LogP contribution in [0.2, 0.25) is 5.02 Å². The predicted octanol–water partition coefficient (Wildman–Crippen LogP) is 4.49. The van der Waals surface area contributed by atoms with Crippen LogP contribution in [0.4, 0.5) is 0 Å². The predicted molar refractivity (Wildman–Crippen MR) is 102 cm³/mol. The summed E-state index contributed by atoms with van der Waals surface area (Å²) in [7, 11) is 0. The van der Waals surface area contributed by atoms with E-state index >= 15 is 0 Å². The first-order valence-corrected chi connectivity index (χ1v) is 9.23. The van der Waals surface area contributed by atoms with Gasteiger partial charge in [-0.1, -0.05) is 41.9 Å². The zero-order valence-electron chi connectivity index (χ0n) is 14.4. The number of likely N-dealkylation sites (tertiary alicyclic amines) is 1. The average Bonchev–Trinajstić information content (AvgIpc) is 3.17. The lowest BCUT2D eigenvalue weighted by Crippen LogP contribution is -2.28. The molecule has 4 rings (SSSR count). The van der Waals surface area contributed by atoms with Crippen LogP contribution in [0.15, 0.2) is 48.5 Å². The highest BCUT2D eigenvalue weighted by Gasteiger charge is 2.28. The molecule has 1 unspecified atom stereocenters. The Kier molecular flexibility index (Phi) is 4.85. The minimum atomic E-state index is 0.0161. The van der Waals surface area contributed by atoms with E-state index in [2.05, 4.69) is 12.1 Å². The summed E-state index contributed by atoms with van der Waals surface area (Å²) in [5, 5.41) is 0.498. The van der Waals surface area contributed by atoms with Crippen molar-refractivity contribution in [2.24, 2.45) is 0 Å². The van der Waals surface area contributed by atoms with Crippen molar-refractivity contribution in [1.82, 2.24) is 4.90 Å². The number of ether oxygens (including phenoxy) is 2. The molecular formula is C21H20ClNO3. The number of carbonyl (C=O) groups excluding carboxylic acids is 1. The minimum Gasteiger partial charge on any atom is -0.486 e. The van der Waals surface area contributed by atoms with Crippen LogP contribution in [-0.2, 0) is 4.79 Å². The Morgan fingerprint density at radius 3 is 2.81 bits per heavy atom. The van der Waals surface area contributed by atoms with Gasteiger partial charge in [-0.25, -0.2) is 0 Å². The minimum absolute atomic E-state index is 0.0161. The molecule has 4 nitrogen and oxygen atoms in total. The van der Waals surface area contributed by atoms with Gasteiger partial charge in [-0.3, -0.25) is 4.79 Å². The third kappa shape index (κ3) is 3.42. The van der Waals surface area contributed by atoms with Gasteiger partial charge in [0, 0.05) is 12.6 Å². The zero-order valence-corrected chi connectivity index (χ0v) is 15.1. The number of benzene rings is 2. The summed E-state index contributed by atoms with van der Waals surface area (Å²) >= 11 is 6.26. The van der Waals surface area contributed by atoms with E-state index in [1.807, 2.05) is 29.2 Å². The second-order valence-corrected chi connectivity index (χ2v) is 6.87. The van der Waals surface area contributed by atoms with Gasteiger partial charge >= 0.3 is 0 Å². The molecule has 2 aliphatic rings. The van der Waals surface area contributed by atoms with Crippen molar-refractivity contribution < 1.29 is 14.3 Å². The Labute approximate surface area is 158 Å². The first kappa shape index (κ1) is 17.0. The zero-order chi connectivity index (χ0) is 17.9. The van der Waals surface area contributed by atoms with E-state index < -0.39 is 0 Å². The molecule has 2 heterocycles. The fourth-order valence-electron chi connectivity index (χ4n) is 3.54. The molecule has 2 aromatic rings. The first-order chi connectivity index (χ1) is 12.7. The Bertz CT molecular complexity index is 835. The van der Waals surface area contributed by atoms with Crippen molar-refractivity contribution in [2.75, 3.05) is 19.8 Å². The lowest BCUT2D eigenvalue weighted by Gasteiger charge is -2.24. The van der Waals surface area contributed by atoms with Crippen molar-refractivity contribution in [3.8, 4) is 11.5 Å². The summed E-state index contributed by atoms with van der Waals surface area (Å²) in [6.07, 6.45) is 5.42. The topological polar surface area (TPSA) is 38.8 Å². The number of hydrogen-bond donors (Lipinski definition) is 0. The number of halogens is 1. The quantitative estimate of drug-likeness (QED) is 0.748. The highest BCUT2D eigenvalue weighted by molar-refractivity contribution is 6.32. The molecule has 5 heteroatoms. The van der Waals surface area contributed by atoms with E-state index in [1.54, 1.807) is 18.2 Å². The summed E-state index contributed by atoms with van der Waals surface area (Å²) in [5.41, 5.74) is 2.01. The molecule has 1 amide bonds. The van der Waals surface area contributed by atoms with Crippen molar-refractivity contribution in [3.05, 3.63) is 64.7 Å². The van der Waals surface area contributed by atoms with E-state index in [-0.39, 0.29) is 11.9 Å². The number of amides is 1. The Hall–Kier alpha value is -2.46. The van der Waals surface area contributed by atoms with Gasteiger partial charge in [-0.15, -0.1) is 0 Å². The fourth-order valence-corrected chi connectivity index (χ4v) is 3.82. The molecule has 0 aliphatic carbocycles. The van der Waals surface area contributed by atoms with E-state index in [0.29, 0.717) is 29.7 Å². The van der Waals surface area contributed by atoms with E-state index in [9.17, 15) is 4.79 Å². The molecule has 2 aliphatic heterocycles. The van der Waals surface area contributed by atoms with Crippen LogP contribution in [-0.4, -0.2) is 30.6 Å². The van der Waals surface area contributed by atoms with Gasteiger partial charge in [0.2, 0.25) is 5.91 Å². The van der Waals surface area contributed by atoms with Gasteiger partial charge in [0.1, 0.15) is 13.2 Å². The summed E-state index contributed by atoms with van der Waals surface area (Å²) < 4.78 is 11.1. The second-order valence-electron chi connectivity index (χ2n) is 6.46. The molecule has 2 aromatic carbocycles. The maximum atomic E-state index is 12.7. The third-order valence-corrected chi connectivity index (χ3v) is 5.04. The molecule has 26 heavy (non-hydrogen) atoms. The maximum absolute atomic E-state index is 12.7. The monoisotopic (exact) mass is 369 g/mol. The first-order valence-electron chi connectivity index (χ1n) is 8.85. The van der Waals surface area contributed by atoms with Crippen LogP contribution in [0.5, 0.6) is 11.5 Å². The Morgan fingerprint density at radius 2 is 1.96 bits per heavy atom. The van der Waals surface area contributed by atoms with Gasteiger partial charge < -0.3 is 14.4 Å². The molecule has 0 radical (unpaired) electrons. The van der Waals surface area contributed by atoms with Gasteiger partial charge in [-0.05, 0) is 42.2 Å². The second kappa shape index (κ2) is 7.42. The van der Waals surface area contributed by atoms with Crippen molar-refractivity contribution in [1.29, 1.82) is 0 Å². The van der Waals surface area contributed by atoms with Crippen molar-refractivity contribution in [2.45, 2.75) is 18.9 Å². The lowest BCUT2D eigenvalue weighted by atomic mass is 10.0. The molecule has 0 aromatic heterocycles. The molecule has 0 bridgehead atoms. The molecule has 0 spiro atoms. The van der Waals surface area contributed by atoms with Crippen LogP contribution in [0, 0.1) is 0 Å². The standard InChI is InChI=1S/C21H20ClNO3/c22-17-13-15(14-19-21(17)26-12-11-25-19)8-9-20(24)23-10-4-7-18(23)16-5-2-1-3-6-16/h1-3,5-6,8-9,13-14,18H,4,7,10-12H2/b9-8+. The molecular weight excluding hydrogens is 350 g/mol.